The fraction of sp³-hybridized carbons (Fsp3) is 0.476. The molecule has 0 amide bonds. The molecular formula is C21H27BrN2O2. The van der Waals surface area contributed by atoms with Gasteiger partial charge in [-0.05, 0) is 42.7 Å². The van der Waals surface area contributed by atoms with Crippen LogP contribution in [0, 0.1) is 5.92 Å². The second-order valence-corrected chi connectivity index (χ2v) is 7.81. The van der Waals surface area contributed by atoms with Crippen LogP contribution in [-0.4, -0.2) is 25.9 Å². The van der Waals surface area contributed by atoms with Crippen LogP contribution in [0.5, 0.6) is 0 Å². The molecule has 2 aromatic rings. The van der Waals surface area contributed by atoms with Gasteiger partial charge in [-0.3, -0.25) is 4.79 Å². The number of rotatable bonds is 10. The summed E-state index contributed by atoms with van der Waals surface area (Å²) in [5, 5.41) is 9.03. The van der Waals surface area contributed by atoms with Gasteiger partial charge < -0.3 is 5.11 Å². The number of halogens is 1. The van der Waals surface area contributed by atoms with Crippen LogP contribution in [-0.2, 0) is 17.6 Å². The molecule has 0 aliphatic carbocycles. The van der Waals surface area contributed by atoms with E-state index in [4.69, 9.17) is 5.11 Å². The molecule has 0 saturated carbocycles. The zero-order valence-corrected chi connectivity index (χ0v) is 17.1. The minimum atomic E-state index is -0.803. The number of alkyl halides is 1. The predicted octanol–water partition coefficient (Wildman–Crippen LogP) is 5.29. The smallest absolute Gasteiger partial charge is 0.317 e. The van der Waals surface area contributed by atoms with Crippen LogP contribution < -0.4 is 0 Å². The molecule has 4 nitrogen and oxygen atoms in total. The van der Waals surface area contributed by atoms with Gasteiger partial charge in [-0.15, -0.1) is 0 Å². The molecule has 0 bridgehead atoms. The molecule has 0 radical (unpaired) electrons. The molecule has 5 heteroatoms. The molecule has 1 N–H and O–H groups in total. The van der Waals surface area contributed by atoms with Gasteiger partial charge in [0.1, 0.15) is 4.83 Å². The van der Waals surface area contributed by atoms with Gasteiger partial charge in [0.15, 0.2) is 5.82 Å². The van der Waals surface area contributed by atoms with E-state index < -0.39 is 10.8 Å². The van der Waals surface area contributed by atoms with E-state index in [0.717, 1.165) is 30.7 Å². The number of hydrogen-bond donors (Lipinski definition) is 1. The van der Waals surface area contributed by atoms with E-state index in [2.05, 4.69) is 45.0 Å². The summed E-state index contributed by atoms with van der Waals surface area (Å²) in [6.07, 6.45) is 10.2. The Morgan fingerprint density at radius 3 is 2.31 bits per heavy atom. The van der Waals surface area contributed by atoms with E-state index in [9.17, 15) is 4.79 Å². The van der Waals surface area contributed by atoms with E-state index >= 15 is 0 Å². The molecule has 1 aromatic carbocycles. The maximum Gasteiger partial charge on any atom is 0.317 e. The zero-order chi connectivity index (χ0) is 18.9. The summed E-state index contributed by atoms with van der Waals surface area (Å²) in [6, 6.07) is 8.22. The van der Waals surface area contributed by atoms with Gasteiger partial charge in [-0.2, -0.15) is 0 Å². The highest BCUT2D eigenvalue weighted by molar-refractivity contribution is 9.10. The maximum absolute atomic E-state index is 11.0. The highest BCUT2D eigenvalue weighted by Crippen LogP contribution is 2.21. The lowest BCUT2D eigenvalue weighted by Crippen LogP contribution is -2.21. The van der Waals surface area contributed by atoms with Crippen molar-refractivity contribution in [1.29, 1.82) is 0 Å². The van der Waals surface area contributed by atoms with Crippen molar-refractivity contribution in [3.63, 3.8) is 0 Å². The molecule has 26 heavy (non-hydrogen) atoms. The van der Waals surface area contributed by atoms with Crippen molar-refractivity contribution in [2.45, 2.75) is 57.2 Å². The first-order valence-corrected chi connectivity index (χ1v) is 10.2. The van der Waals surface area contributed by atoms with E-state index in [1.165, 1.54) is 30.4 Å². The molecule has 0 saturated heterocycles. The number of aromatic nitrogens is 2. The maximum atomic E-state index is 11.0. The summed E-state index contributed by atoms with van der Waals surface area (Å²) in [5.41, 5.74) is 3.39. The molecule has 0 fully saturated rings. The van der Waals surface area contributed by atoms with Gasteiger partial charge in [-0.25, -0.2) is 9.97 Å². The minimum absolute atomic E-state index is 0.0794. The molecule has 1 aromatic heterocycles. The van der Waals surface area contributed by atoms with Crippen LogP contribution >= 0.6 is 15.9 Å². The molecule has 2 unspecified atom stereocenters. The van der Waals surface area contributed by atoms with Gasteiger partial charge >= 0.3 is 5.97 Å². The monoisotopic (exact) mass is 418 g/mol. The molecule has 2 rings (SSSR count). The fourth-order valence-electron chi connectivity index (χ4n) is 2.82. The second-order valence-electron chi connectivity index (χ2n) is 6.82. The van der Waals surface area contributed by atoms with Crippen LogP contribution in [0.4, 0.5) is 0 Å². The summed E-state index contributed by atoms with van der Waals surface area (Å²) in [5.74, 6) is 0.0226. The largest absolute Gasteiger partial charge is 0.480 e. The average molecular weight is 419 g/mol. The number of nitrogens with zero attached hydrogens (tertiary/aromatic N) is 2. The SMILES string of the molecule is CCCCCc1cnc(-c2ccc(CCC(C)C(Br)C(=O)O)cc2)nc1. The second kappa shape index (κ2) is 10.4. The number of aliphatic carboxylic acids is 1. The Bertz CT molecular complexity index is 686. The summed E-state index contributed by atoms with van der Waals surface area (Å²) in [4.78, 5) is 19.5. The van der Waals surface area contributed by atoms with Crippen molar-refractivity contribution >= 4 is 21.9 Å². The van der Waals surface area contributed by atoms with Gasteiger partial charge in [0.05, 0.1) is 0 Å². The summed E-state index contributed by atoms with van der Waals surface area (Å²) in [7, 11) is 0. The van der Waals surface area contributed by atoms with Crippen LogP contribution in [0.2, 0.25) is 0 Å². The van der Waals surface area contributed by atoms with Crippen LogP contribution in [0.1, 0.15) is 50.7 Å². The van der Waals surface area contributed by atoms with Crippen molar-refractivity contribution in [3.8, 4) is 11.4 Å². The third-order valence-corrected chi connectivity index (χ3v) is 5.90. The Morgan fingerprint density at radius 1 is 1.08 bits per heavy atom. The molecule has 0 spiro atoms. The minimum Gasteiger partial charge on any atom is -0.480 e. The Hall–Kier alpha value is -1.75. The van der Waals surface area contributed by atoms with Crippen molar-refractivity contribution in [1.82, 2.24) is 9.97 Å². The van der Waals surface area contributed by atoms with Crippen LogP contribution in [0.3, 0.4) is 0 Å². The Morgan fingerprint density at radius 2 is 1.73 bits per heavy atom. The lowest BCUT2D eigenvalue weighted by atomic mass is 9.97. The molecule has 140 valence electrons. The first-order valence-electron chi connectivity index (χ1n) is 9.28. The Kier molecular flexibility index (Phi) is 8.23. The third kappa shape index (κ3) is 6.20. The molecule has 1 heterocycles. The quantitative estimate of drug-likeness (QED) is 0.420. The standard InChI is InChI=1S/C21H27BrN2O2/c1-3-4-5-6-17-13-23-20(24-14-17)18-11-9-16(10-12-18)8-7-15(2)19(22)21(25)26/h9-15,19H,3-8H2,1-2H3,(H,25,26). The zero-order valence-electron chi connectivity index (χ0n) is 15.5. The highest BCUT2D eigenvalue weighted by atomic mass is 79.9. The fourth-order valence-corrected chi connectivity index (χ4v) is 3.08. The van der Waals surface area contributed by atoms with Crippen molar-refractivity contribution in [2.24, 2.45) is 5.92 Å². The first-order chi connectivity index (χ1) is 12.5. The summed E-state index contributed by atoms with van der Waals surface area (Å²) < 4.78 is 0. The number of aryl methyl sites for hydroxylation is 2. The summed E-state index contributed by atoms with van der Waals surface area (Å²) >= 11 is 3.23. The van der Waals surface area contributed by atoms with Crippen LogP contribution in [0.15, 0.2) is 36.7 Å². The molecule has 2 atom stereocenters. The molecule has 0 aliphatic rings. The Balaban J connectivity index is 1.91. The van der Waals surface area contributed by atoms with Crippen molar-refractivity contribution in [2.75, 3.05) is 0 Å². The van der Waals surface area contributed by atoms with E-state index in [1.54, 1.807) is 0 Å². The van der Waals surface area contributed by atoms with E-state index in [-0.39, 0.29) is 5.92 Å². The Labute approximate surface area is 164 Å². The molecular weight excluding hydrogens is 392 g/mol. The lowest BCUT2D eigenvalue weighted by Gasteiger charge is -2.14. The summed E-state index contributed by atoms with van der Waals surface area (Å²) in [6.45, 7) is 4.16. The van der Waals surface area contributed by atoms with Crippen LogP contribution in [0.25, 0.3) is 11.4 Å². The van der Waals surface area contributed by atoms with Crippen molar-refractivity contribution in [3.05, 3.63) is 47.8 Å². The number of carboxylic acids is 1. The van der Waals surface area contributed by atoms with Crippen molar-refractivity contribution < 1.29 is 9.90 Å². The molecule has 0 aliphatic heterocycles. The highest BCUT2D eigenvalue weighted by Gasteiger charge is 2.20. The number of benzene rings is 1. The van der Waals surface area contributed by atoms with E-state index in [1.807, 2.05) is 31.5 Å². The van der Waals surface area contributed by atoms with Gasteiger partial charge in [0.25, 0.3) is 0 Å². The van der Waals surface area contributed by atoms with E-state index in [0.29, 0.717) is 0 Å². The topological polar surface area (TPSA) is 63.1 Å². The average Bonchev–Trinajstić information content (AvgIpc) is 2.66. The third-order valence-electron chi connectivity index (χ3n) is 4.61. The normalized spacial score (nSPS) is 13.3. The number of unbranched alkanes of at least 4 members (excludes halogenated alkanes) is 2. The number of hydrogen-bond acceptors (Lipinski definition) is 3. The van der Waals surface area contributed by atoms with Gasteiger partial charge in [0.2, 0.25) is 0 Å². The number of carbonyl (C=O) groups is 1. The first kappa shape index (κ1) is 20.6. The number of carboxylic acid groups (broad SMARTS) is 1. The van der Waals surface area contributed by atoms with Gasteiger partial charge in [-0.1, -0.05) is 66.9 Å². The lowest BCUT2D eigenvalue weighted by molar-refractivity contribution is -0.137. The van der Waals surface area contributed by atoms with Gasteiger partial charge in [0, 0.05) is 18.0 Å². The predicted molar refractivity (Wildman–Crippen MR) is 109 cm³/mol.